The Morgan fingerprint density at radius 2 is 1.52 bits per heavy atom. The molecule has 118 valence electrons. The predicted octanol–water partition coefficient (Wildman–Crippen LogP) is 2.83. The predicted molar refractivity (Wildman–Crippen MR) is 82.6 cm³/mol. The number of hydrogen-bond donors (Lipinski definition) is 1. The zero-order chi connectivity index (χ0) is 15.6. The van der Waals surface area contributed by atoms with Gasteiger partial charge in [0, 0.05) is 23.7 Å². The molecule has 0 unspecified atom stereocenters. The van der Waals surface area contributed by atoms with Crippen LogP contribution in [-0.4, -0.2) is 25.9 Å². The third-order valence-corrected chi connectivity index (χ3v) is 3.64. The lowest BCUT2D eigenvalue weighted by Crippen LogP contribution is -2.12. The van der Waals surface area contributed by atoms with Crippen molar-refractivity contribution in [3.63, 3.8) is 0 Å². The van der Waals surface area contributed by atoms with Crippen LogP contribution >= 0.6 is 0 Å². The van der Waals surface area contributed by atoms with E-state index in [1.807, 2.05) is 0 Å². The SMILES string of the molecule is O=C(Nc1ccc2c(c1)OCO2)c1ccc2c(c1)OCCCO2. The van der Waals surface area contributed by atoms with Crippen molar-refractivity contribution in [2.75, 3.05) is 25.3 Å². The molecule has 0 aromatic heterocycles. The van der Waals surface area contributed by atoms with E-state index in [9.17, 15) is 4.79 Å². The minimum atomic E-state index is -0.223. The van der Waals surface area contributed by atoms with E-state index in [-0.39, 0.29) is 12.7 Å². The Hall–Kier alpha value is -2.89. The van der Waals surface area contributed by atoms with Crippen LogP contribution in [-0.2, 0) is 0 Å². The van der Waals surface area contributed by atoms with E-state index in [4.69, 9.17) is 18.9 Å². The first-order valence-electron chi connectivity index (χ1n) is 7.40. The highest BCUT2D eigenvalue weighted by Crippen LogP contribution is 2.35. The Morgan fingerprint density at radius 3 is 2.43 bits per heavy atom. The molecule has 2 aromatic rings. The number of nitrogens with one attached hydrogen (secondary N) is 1. The van der Waals surface area contributed by atoms with Gasteiger partial charge < -0.3 is 24.3 Å². The van der Waals surface area contributed by atoms with Crippen molar-refractivity contribution < 1.29 is 23.7 Å². The van der Waals surface area contributed by atoms with Crippen molar-refractivity contribution in [3.8, 4) is 23.0 Å². The molecule has 6 heteroatoms. The maximum atomic E-state index is 12.4. The van der Waals surface area contributed by atoms with Gasteiger partial charge in [0.1, 0.15) is 0 Å². The van der Waals surface area contributed by atoms with E-state index >= 15 is 0 Å². The van der Waals surface area contributed by atoms with E-state index in [0.29, 0.717) is 47.5 Å². The Bertz CT molecular complexity index is 759. The number of amides is 1. The molecule has 0 fully saturated rings. The van der Waals surface area contributed by atoms with E-state index in [1.54, 1.807) is 36.4 Å². The minimum absolute atomic E-state index is 0.203. The van der Waals surface area contributed by atoms with Crippen LogP contribution in [0.1, 0.15) is 16.8 Å². The summed E-state index contributed by atoms with van der Waals surface area (Å²) < 4.78 is 21.7. The summed E-state index contributed by atoms with van der Waals surface area (Å²) in [5, 5.41) is 2.84. The molecular formula is C17H15NO5. The van der Waals surface area contributed by atoms with E-state index in [0.717, 1.165) is 6.42 Å². The van der Waals surface area contributed by atoms with Crippen LogP contribution in [0.3, 0.4) is 0 Å². The Morgan fingerprint density at radius 1 is 0.826 bits per heavy atom. The molecule has 0 radical (unpaired) electrons. The van der Waals surface area contributed by atoms with Gasteiger partial charge in [-0.1, -0.05) is 0 Å². The average Bonchev–Trinajstić information content (AvgIpc) is 2.90. The van der Waals surface area contributed by atoms with Crippen LogP contribution in [0.4, 0.5) is 5.69 Å². The molecule has 2 aliphatic rings. The molecule has 23 heavy (non-hydrogen) atoms. The molecule has 0 atom stereocenters. The molecule has 2 aliphatic heterocycles. The number of carbonyl (C=O) groups is 1. The van der Waals surface area contributed by atoms with Gasteiger partial charge >= 0.3 is 0 Å². The highest BCUT2D eigenvalue weighted by atomic mass is 16.7. The second-order valence-electron chi connectivity index (χ2n) is 5.23. The quantitative estimate of drug-likeness (QED) is 0.923. The Labute approximate surface area is 132 Å². The summed E-state index contributed by atoms with van der Waals surface area (Å²) in [5.41, 5.74) is 1.15. The number of anilines is 1. The topological polar surface area (TPSA) is 66.0 Å². The lowest BCUT2D eigenvalue weighted by molar-refractivity contribution is 0.102. The summed E-state index contributed by atoms with van der Waals surface area (Å²) in [7, 11) is 0. The molecule has 1 amide bonds. The highest BCUT2D eigenvalue weighted by molar-refractivity contribution is 6.04. The van der Waals surface area contributed by atoms with Crippen molar-refractivity contribution in [1.82, 2.24) is 0 Å². The third kappa shape index (κ3) is 2.75. The summed E-state index contributed by atoms with van der Waals surface area (Å²) in [4.78, 5) is 12.4. The number of ether oxygens (including phenoxy) is 4. The first kappa shape index (κ1) is 13.8. The number of rotatable bonds is 2. The third-order valence-electron chi connectivity index (χ3n) is 3.64. The molecule has 0 saturated carbocycles. The van der Waals surface area contributed by atoms with Gasteiger partial charge in [-0.2, -0.15) is 0 Å². The second-order valence-corrected chi connectivity index (χ2v) is 5.23. The van der Waals surface area contributed by atoms with Gasteiger partial charge in [0.2, 0.25) is 6.79 Å². The summed E-state index contributed by atoms with van der Waals surface area (Å²) in [6, 6.07) is 10.5. The first-order chi connectivity index (χ1) is 11.3. The molecule has 2 heterocycles. The first-order valence-corrected chi connectivity index (χ1v) is 7.40. The van der Waals surface area contributed by atoms with Crippen molar-refractivity contribution in [2.24, 2.45) is 0 Å². The van der Waals surface area contributed by atoms with Gasteiger partial charge in [-0.05, 0) is 30.3 Å². The van der Waals surface area contributed by atoms with Crippen molar-refractivity contribution in [2.45, 2.75) is 6.42 Å². The minimum Gasteiger partial charge on any atom is -0.490 e. The fourth-order valence-electron chi connectivity index (χ4n) is 2.48. The number of benzene rings is 2. The fraction of sp³-hybridized carbons (Fsp3) is 0.235. The van der Waals surface area contributed by atoms with Crippen LogP contribution in [0.15, 0.2) is 36.4 Å². The molecule has 0 saturated heterocycles. The van der Waals surface area contributed by atoms with Crippen molar-refractivity contribution >= 4 is 11.6 Å². The lowest BCUT2D eigenvalue weighted by atomic mass is 10.1. The maximum Gasteiger partial charge on any atom is 0.255 e. The summed E-state index contributed by atoms with van der Waals surface area (Å²) in [5.74, 6) is 2.35. The normalized spacial score (nSPS) is 15.0. The number of fused-ring (bicyclic) bond motifs is 2. The lowest BCUT2D eigenvalue weighted by Gasteiger charge is -2.10. The Kier molecular flexibility index (Phi) is 3.42. The summed E-state index contributed by atoms with van der Waals surface area (Å²) >= 11 is 0. The molecule has 2 aromatic carbocycles. The van der Waals surface area contributed by atoms with Crippen molar-refractivity contribution in [3.05, 3.63) is 42.0 Å². The van der Waals surface area contributed by atoms with Crippen LogP contribution in [0.25, 0.3) is 0 Å². The van der Waals surface area contributed by atoms with E-state index < -0.39 is 0 Å². The standard InChI is InChI=1S/C17H15NO5/c19-17(18-12-3-5-14-16(9-12)23-10-22-14)11-2-4-13-15(8-11)21-7-1-6-20-13/h2-5,8-9H,1,6-7,10H2,(H,18,19). The average molecular weight is 313 g/mol. The van der Waals surface area contributed by atoms with E-state index in [2.05, 4.69) is 5.32 Å². The van der Waals surface area contributed by atoms with Gasteiger partial charge in [0.25, 0.3) is 5.91 Å². The van der Waals surface area contributed by atoms with Crippen molar-refractivity contribution in [1.29, 1.82) is 0 Å². The number of carbonyl (C=O) groups excluding carboxylic acids is 1. The smallest absolute Gasteiger partial charge is 0.255 e. The molecule has 0 bridgehead atoms. The zero-order valence-electron chi connectivity index (χ0n) is 12.3. The monoisotopic (exact) mass is 313 g/mol. The molecule has 6 nitrogen and oxygen atoms in total. The molecule has 0 aliphatic carbocycles. The van der Waals surface area contributed by atoms with Crippen LogP contribution < -0.4 is 24.3 Å². The van der Waals surface area contributed by atoms with Crippen LogP contribution in [0, 0.1) is 0 Å². The van der Waals surface area contributed by atoms with Gasteiger partial charge in [-0.25, -0.2) is 0 Å². The van der Waals surface area contributed by atoms with E-state index in [1.165, 1.54) is 0 Å². The highest BCUT2D eigenvalue weighted by Gasteiger charge is 2.16. The van der Waals surface area contributed by atoms with Gasteiger partial charge in [0.05, 0.1) is 13.2 Å². The molecule has 4 rings (SSSR count). The fourth-order valence-corrected chi connectivity index (χ4v) is 2.48. The van der Waals surface area contributed by atoms with Crippen LogP contribution in [0.5, 0.6) is 23.0 Å². The molecule has 1 N–H and O–H groups in total. The second kappa shape index (κ2) is 5.72. The summed E-state index contributed by atoms with van der Waals surface area (Å²) in [6.45, 7) is 1.41. The molecule has 0 spiro atoms. The summed E-state index contributed by atoms with van der Waals surface area (Å²) in [6.07, 6.45) is 0.827. The molecular weight excluding hydrogens is 298 g/mol. The Balaban J connectivity index is 1.54. The number of hydrogen-bond acceptors (Lipinski definition) is 5. The van der Waals surface area contributed by atoms with Gasteiger partial charge in [-0.3, -0.25) is 4.79 Å². The van der Waals surface area contributed by atoms with Crippen LogP contribution in [0.2, 0.25) is 0 Å². The maximum absolute atomic E-state index is 12.4. The van der Waals surface area contributed by atoms with Gasteiger partial charge in [-0.15, -0.1) is 0 Å². The van der Waals surface area contributed by atoms with Gasteiger partial charge in [0.15, 0.2) is 23.0 Å². The largest absolute Gasteiger partial charge is 0.490 e. The zero-order valence-corrected chi connectivity index (χ0v) is 12.3.